The standard InChI is InChI=1S/C20H24N2O4/c1-15(23)22(18-11-10-17(25-3)12-19(18)26-4)14-20(24)21(2)13-16-8-6-5-7-9-16/h5-12H,13-14H2,1-4H3. The van der Waals surface area contributed by atoms with Crippen LogP contribution in [0.1, 0.15) is 12.5 Å². The molecule has 0 bridgehead atoms. The first-order chi connectivity index (χ1) is 12.5. The summed E-state index contributed by atoms with van der Waals surface area (Å²) in [7, 11) is 4.79. The first-order valence-electron chi connectivity index (χ1n) is 8.24. The van der Waals surface area contributed by atoms with E-state index in [1.165, 1.54) is 18.9 Å². The second-order valence-electron chi connectivity index (χ2n) is 5.88. The van der Waals surface area contributed by atoms with Gasteiger partial charge < -0.3 is 14.4 Å². The zero-order valence-electron chi connectivity index (χ0n) is 15.6. The molecule has 2 rings (SSSR count). The van der Waals surface area contributed by atoms with Crippen molar-refractivity contribution in [2.24, 2.45) is 0 Å². The number of rotatable bonds is 7. The van der Waals surface area contributed by atoms with Gasteiger partial charge in [0.1, 0.15) is 18.0 Å². The Morgan fingerprint density at radius 1 is 1.00 bits per heavy atom. The van der Waals surface area contributed by atoms with Gasteiger partial charge in [-0.15, -0.1) is 0 Å². The van der Waals surface area contributed by atoms with E-state index in [9.17, 15) is 9.59 Å². The molecule has 0 atom stereocenters. The molecule has 0 unspecified atom stereocenters. The number of ether oxygens (including phenoxy) is 2. The molecule has 2 aromatic carbocycles. The molecule has 0 radical (unpaired) electrons. The molecule has 0 aromatic heterocycles. The maximum Gasteiger partial charge on any atom is 0.242 e. The molecule has 0 heterocycles. The van der Waals surface area contributed by atoms with Gasteiger partial charge in [-0.25, -0.2) is 0 Å². The lowest BCUT2D eigenvalue weighted by molar-refractivity contribution is -0.130. The Kier molecular flexibility index (Phi) is 6.60. The Morgan fingerprint density at radius 2 is 1.69 bits per heavy atom. The molecule has 0 aliphatic heterocycles. The highest BCUT2D eigenvalue weighted by atomic mass is 16.5. The summed E-state index contributed by atoms with van der Waals surface area (Å²) >= 11 is 0. The molecule has 0 aliphatic rings. The van der Waals surface area contributed by atoms with Gasteiger partial charge in [-0.3, -0.25) is 14.5 Å². The monoisotopic (exact) mass is 356 g/mol. The highest BCUT2D eigenvalue weighted by molar-refractivity contribution is 5.98. The highest BCUT2D eigenvalue weighted by Gasteiger charge is 2.22. The number of amides is 2. The SMILES string of the molecule is COc1ccc(N(CC(=O)N(C)Cc2ccccc2)C(C)=O)c(OC)c1. The third-order valence-electron chi connectivity index (χ3n) is 4.04. The van der Waals surface area contributed by atoms with Crippen molar-refractivity contribution < 1.29 is 19.1 Å². The molecular weight excluding hydrogens is 332 g/mol. The second kappa shape index (κ2) is 8.89. The quantitative estimate of drug-likeness (QED) is 0.765. The summed E-state index contributed by atoms with van der Waals surface area (Å²) in [5, 5.41) is 0. The molecule has 0 spiro atoms. The van der Waals surface area contributed by atoms with Gasteiger partial charge in [0.2, 0.25) is 11.8 Å². The van der Waals surface area contributed by atoms with Crippen LogP contribution < -0.4 is 14.4 Å². The van der Waals surface area contributed by atoms with Crippen LogP contribution in [0.25, 0.3) is 0 Å². The lowest BCUT2D eigenvalue weighted by Gasteiger charge is -2.26. The summed E-state index contributed by atoms with van der Waals surface area (Å²) in [6.45, 7) is 1.83. The molecule has 138 valence electrons. The Balaban J connectivity index is 2.17. The van der Waals surface area contributed by atoms with E-state index < -0.39 is 0 Å². The van der Waals surface area contributed by atoms with E-state index >= 15 is 0 Å². The van der Waals surface area contributed by atoms with Crippen LogP contribution in [0.4, 0.5) is 5.69 Å². The largest absolute Gasteiger partial charge is 0.497 e. The third kappa shape index (κ3) is 4.75. The van der Waals surface area contributed by atoms with Crippen molar-refractivity contribution in [1.82, 2.24) is 4.90 Å². The van der Waals surface area contributed by atoms with Crippen LogP contribution in [0, 0.1) is 0 Å². The Bertz CT molecular complexity index is 762. The van der Waals surface area contributed by atoms with Gasteiger partial charge >= 0.3 is 0 Å². The van der Waals surface area contributed by atoms with Crippen molar-refractivity contribution in [3.8, 4) is 11.5 Å². The van der Waals surface area contributed by atoms with E-state index in [-0.39, 0.29) is 18.4 Å². The third-order valence-corrected chi connectivity index (χ3v) is 4.04. The average Bonchev–Trinajstić information content (AvgIpc) is 2.66. The number of carbonyl (C=O) groups excluding carboxylic acids is 2. The van der Waals surface area contributed by atoms with E-state index in [0.717, 1.165) is 5.56 Å². The molecule has 0 N–H and O–H groups in total. The molecule has 2 aromatic rings. The zero-order chi connectivity index (χ0) is 19.1. The fraction of sp³-hybridized carbons (Fsp3) is 0.300. The number of carbonyl (C=O) groups is 2. The Hall–Kier alpha value is -3.02. The van der Waals surface area contributed by atoms with Crippen molar-refractivity contribution >= 4 is 17.5 Å². The van der Waals surface area contributed by atoms with Crippen LogP contribution in [0.15, 0.2) is 48.5 Å². The molecule has 0 aliphatic carbocycles. The van der Waals surface area contributed by atoms with Crippen molar-refractivity contribution in [1.29, 1.82) is 0 Å². The van der Waals surface area contributed by atoms with E-state index in [1.54, 1.807) is 37.3 Å². The van der Waals surface area contributed by atoms with Crippen LogP contribution >= 0.6 is 0 Å². The summed E-state index contributed by atoms with van der Waals surface area (Å²) in [5.74, 6) is 0.677. The molecule has 0 fully saturated rings. The number of hydrogen-bond donors (Lipinski definition) is 0. The number of likely N-dealkylation sites (N-methyl/N-ethyl adjacent to an activating group) is 1. The summed E-state index contributed by atoms with van der Waals surface area (Å²) in [6.07, 6.45) is 0. The summed E-state index contributed by atoms with van der Waals surface area (Å²) in [4.78, 5) is 27.8. The van der Waals surface area contributed by atoms with Gasteiger partial charge in [0.15, 0.2) is 0 Å². The summed E-state index contributed by atoms with van der Waals surface area (Å²) in [6, 6.07) is 14.8. The topological polar surface area (TPSA) is 59.1 Å². The molecule has 26 heavy (non-hydrogen) atoms. The molecule has 2 amide bonds. The predicted molar refractivity (Wildman–Crippen MR) is 100 cm³/mol. The van der Waals surface area contributed by atoms with Gasteiger partial charge in [-0.05, 0) is 17.7 Å². The minimum atomic E-state index is -0.241. The smallest absolute Gasteiger partial charge is 0.242 e. The maximum absolute atomic E-state index is 12.6. The Labute approximate surface area is 153 Å². The molecule has 6 nitrogen and oxygen atoms in total. The van der Waals surface area contributed by atoms with Crippen molar-refractivity contribution in [3.05, 3.63) is 54.1 Å². The molecule has 0 saturated heterocycles. The number of methoxy groups -OCH3 is 2. The number of nitrogens with zero attached hydrogens (tertiary/aromatic N) is 2. The van der Waals surface area contributed by atoms with Crippen LogP contribution in [0.2, 0.25) is 0 Å². The maximum atomic E-state index is 12.6. The lowest BCUT2D eigenvalue weighted by atomic mass is 10.2. The average molecular weight is 356 g/mol. The molecular formula is C20H24N2O4. The summed E-state index contributed by atoms with van der Waals surface area (Å²) < 4.78 is 10.5. The second-order valence-corrected chi connectivity index (χ2v) is 5.88. The van der Waals surface area contributed by atoms with Crippen molar-refractivity contribution in [2.75, 3.05) is 32.7 Å². The molecule has 6 heteroatoms. The first kappa shape index (κ1) is 19.3. The van der Waals surface area contributed by atoms with Gasteiger partial charge in [0, 0.05) is 26.6 Å². The fourth-order valence-corrected chi connectivity index (χ4v) is 2.58. The van der Waals surface area contributed by atoms with E-state index in [2.05, 4.69) is 0 Å². The van der Waals surface area contributed by atoms with Gasteiger partial charge in [-0.2, -0.15) is 0 Å². The minimum Gasteiger partial charge on any atom is -0.497 e. The van der Waals surface area contributed by atoms with Crippen molar-refractivity contribution in [3.63, 3.8) is 0 Å². The van der Waals surface area contributed by atoms with Crippen LogP contribution in [-0.2, 0) is 16.1 Å². The van der Waals surface area contributed by atoms with Crippen LogP contribution in [-0.4, -0.2) is 44.5 Å². The lowest BCUT2D eigenvalue weighted by Crippen LogP contribution is -2.40. The number of anilines is 1. The Morgan fingerprint density at radius 3 is 2.27 bits per heavy atom. The highest BCUT2D eigenvalue weighted by Crippen LogP contribution is 2.32. The number of benzene rings is 2. The van der Waals surface area contributed by atoms with E-state index in [4.69, 9.17) is 9.47 Å². The predicted octanol–water partition coefficient (Wildman–Crippen LogP) is 2.72. The molecule has 0 saturated carbocycles. The van der Waals surface area contributed by atoms with Crippen LogP contribution in [0.3, 0.4) is 0 Å². The summed E-state index contributed by atoms with van der Waals surface area (Å²) in [5.41, 5.74) is 1.56. The van der Waals surface area contributed by atoms with Gasteiger partial charge in [0.25, 0.3) is 0 Å². The van der Waals surface area contributed by atoms with Crippen LogP contribution in [0.5, 0.6) is 11.5 Å². The normalized spacial score (nSPS) is 10.2. The van der Waals surface area contributed by atoms with Gasteiger partial charge in [-0.1, -0.05) is 30.3 Å². The van der Waals surface area contributed by atoms with E-state index in [0.29, 0.717) is 23.7 Å². The van der Waals surface area contributed by atoms with Crippen molar-refractivity contribution in [2.45, 2.75) is 13.5 Å². The fourth-order valence-electron chi connectivity index (χ4n) is 2.58. The minimum absolute atomic E-state index is 0.0681. The van der Waals surface area contributed by atoms with E-state index in [1.807, 2.05) is 30.3 Å². The number of hydrogen-bond acceptors (Lipinski definition) is 4. The zero-order valence-corrected chi connectivity index (χ0v) is 15.6. The first-order valence-corrected chi connectivity index (χ1v) is 8.24. The van der Waals surface area contributed by atoms with Gasteiger partial charge in [0.05, 0.1) is 19.9 Å².